The van der Waals surface area contributed by atoms with Crippen LogP contribution in [0.3, 0.4) is 0 Å². The highest BCUT2D eigenvalue weighted by molar-refractivity contribution is 5.89. The zero-order valence-electron chi connectivity index (χ0n) is 16.5. The van der Waals surface area contributed by atoms with Gasteiger partial charge >= 0.3 is 5.97 Å². The van der Waals surface area contributed by atoms with Gasteiger partial charge < -0.3 is 10.1 Å². The van der Waals surface area contributed by atoms with E-state index in [0.717, 1.165) is 13.0 Å². The van der Waals surface area contributed by atoms with Crippen LogP contribution in [-0.4, -0.2) is 41.5 Å². The highest BCUT2D eigenvalue weighted by Gasteiger charge is 2.37. The van der Waals surface area contributed by atoms with Gasteiger partial charge in [-0.3, -0.25) is 9.69 Å². The summed E-state index contributed by atoms with van der Waals surface area (Å²) in [5.41, 5.74) is 1.77. The first-order valence-electron chi connectivity index (χ1n) is 9.88. The fraction of sp³-hybridized carbons (Fsp3) is 0.391. The average Bonchev–Trinajstić information content (AvgIpc) is 2.70. The Hall–Kier alpha value is -2.66. The van der Waals surface area contributed by atoms with Gasteiger partial charge in [0.1, 0.15) is 6.10 Å². The Morgan fingerprint density at radius 3 is 2.32 bits per heavy atom. The fourth-order valence-electron chi connectivity index (χ4n) is 3.85. The van der Waals surface area contributed by atoms with Gasteiger partial charge in [0.25, 0.3) is 0 Å². The second kappa shape index (κ2) is 9.51. The molecule has 1 saturated heterocycles. The molecule has 0 radical (unpaired) electrons. The number of amides is 1. The van der Waals surface area contributed by atoms with Crippen molar-refractivity contribution >= 4 is 11.9 Å². The van der Waals surface area contributed by atoms with Crippen molar-refractivity contribution in [2.45, 2.75) is 51.4 Å². The summed E-state index contributed by atoms with van der Waals surface area (Å²) in [5, 5.41) is 2.99. The fourth-order valence-corrected chi connectivity index (χ4v) is 3.85. The van der Waals surface area contributed by atoms with Gasteiger partial charge in [-0.2, -0.15) is 0 Å². The Kier molecular flexibility index (Phi) is 6.82. The second-order valence-corrected chi connectivity index (χ2v) is 7.33. The second-order valence-electron chi connectivity index (χ2n) is 7.33. The number of nitrogens with one attached hydrogen (secondary N) is 1. The third kappa shape index (κ3) is 5.20. The number of ether oxygens (including phenoxy) is 1. The minimum absolute atomic E-state index is 0.111. The molecule has 1 aliphatic rings. The number of rotatable bonds is 6. The van der Waals surface area contributed by atoms with Crippen molar-refractivity contribution < 1.29 is 14.3 Å². The van der Waals surface area contributed by atoms with Gasteiger partial charge in [0.05, 0.1) is 11.6 Å². The molecule has 2 aromatic carbocycles. The highest BCUT2D eigenvalue weighted by atomic mass is 16.5. The largest absolute Gasteiger partial charge is 0.456 e. The van der Waals surface area contributed by atoms with Crippen molar-refractivity contribution in [3.63, 3.8) is 0 Å². The molecule has 1 fully saturated rings. The van der Waals surface area contributed by atoms with Crippen LogP contribution in [-0.2, 0) is 16.1 Å². The lowest BCUT2D eigenvalue weighted by atomic mass is 9.92. The van der Waals surface area contributed by atoms with Gasteiger partial charge in [-0.15, -0.1) is 0 Å². The standard InChI is InChI=1S/C23H28N2O3/c1-3-20-14-22(28-23(27)19-12-8-5-9-13-19)21(24-17(2)26)16-25(20)15-18-10-6-4-7-11-18/h4-13,20-22H,3,14-16H2,1-2H3,(H,24,26)/t20-,21+,22+/m1/s1. The van der Waals surface area contributed by atoms with Gasteiger partial charge in [-0.25, -0.2) is 4.79 Å². The number of piperidine rings is 1. The van der Waals surface area contributed by atoms with Gasteiger partial charge in [-0.1, -0.05) is 55.5 Å². The lowest BCUT2D eigenvalue weighted by Gasteiger charge is -2.43. The summed E-state index contributed by atoms with van der Waals surface area (Å²) in [6, 6.07) is 19.4. The van der Waals surface area contributed by atoms with Crippen molar-refractivity contribution in [2.24, 2.45) is 0 Å². The molecule has 0 aromatic heterocycles. The molecule has 5 nitrogen and oxygen atoms in total. The third-order valence-corrected chi connectivity index (χ3v) is 5.26. The van der Waals surface area contributed by atoms with E-state index < -0.39 is 0 Å². The molecule has 0 saturated carbocycles. The summed E-state index contributed by atoms with van der Waals surface area (Å²) < 4.78 is 5.84. The zero-order chi connectivity index (χ0) is 19.9. The van der Waals surface area contributed by atoms with Gasteiger partial charge in [0.2, 0.25) is 5.91 Å². The van der Waals surface area contributed by atoms with E-state index in [1.165, 1.54) is 12.5 Å². The number of benzene rings is 2. The molecule has 0 aliphatic carbocycles. The summed E-state index contributed by atoms with van der Waals surface area (Å²) in [6.45, 7) is 5.12. The predicted octanol–water partition coefficient (Wildman–Crippen LogP) is 3.40. The molecular formula is C23H28N2O3. The molecule has 1 aliphatic heterocycles. The van der Waals surface area contributed by atoms with E-state index in [1.54, 1.807) is 12.1 Å². The molecule has 1 amide bonds. The van der Waals surface area contributed by atoms with Crippen molar-refractivity contribution in [3.05, 3.63) is 71.8 Å². The third-order valence-electron chi connectivity index (χ3n) is 5.26. The number of nitrogens with zero attached hydrogens (tertiary/aromatic N) is 1. The Balaban J connectivity index is 1.74. The number of esters is 1. The molecule has 1 N–H and O–H groups in total. The van der Waals surface area contributed by atoms with Crippen LogP contribution in [0.1, 0.15) is 42.6 Å². The number of likely N-dealkylation sites (tertiary alicyclic amines) is 1. The average molecular weight is 380 g/mol. The van der Waals surface area contributed by atoms with Crippen LogP contribution in [0.25, 0.3) is 0 Å². The first kappa shape index (κ1) is 20.1. The van der Waals surface area contributed by atoms with E-state index >= 15 is 0 Å². The van der Waals surface area contributed by atoms with E-state index in [4.69, 9.17) is 4.74 Å². The maximum absolute atomic E-state index is 12.6. The predicted molar refractivity (Wildman–Crippen MR) is 109 cm³/mol. The molecule has 0 unspecified atom stereocenters. The van der Waals surface area contributed by atoms with Crippen LogP contribution in [0.4, 0.5) is 0 Å². The van der Waals surface area contributed by atoms with E-state index in [0.29, 0.717) is 24.6 Å². The van der Waals surface area contributed by atoms with E-state index in [9.17, 15) is 9.59 Å². The zero-order valence-corrected chi connectivity index (χ0v) is 16.5. The van der Waals surface area contributed by atoms with Crippen LogP contribution >= 0.6 is 0 Å². The Morgan fingerprint density at radius 1 is 1.07 bits per heavy atom. The number of hydrogen-bond acceptors (Lipinski definition) is 4. The van der Waals surface area contributed by atoms with Crippen LogP contribution < -0.4 is 5.32 Å². The molecule has 2 aromatic rings. The van der Waals surface area contributed by atoms with Gasteiger partial charge in [0.15, 0.2) is 0 Å². The summed E-state index contributed by atoms with van der Waals surface area (Å²) in [6.07, 6.45) is 1.32. The van der Waals surface area contributed by atoms with Crippen molar-refractivity contribution in [1.29, 1.82) is 0 Å². The van der Waals surface area contributed by atoms with Crippen molar-refractivity contribution in [3.8, 4) is 0 Å². The first-order valence-corrected chi connectivity index (χ1v) is 9.88. The first-order chi connectivity index (χ1) is 13.6. The summed E-state index contributed by atoms with van der Waals surface area (Å²) in [4.78, 5) is 26.7. The molecule has 148 valence electrons. The lowest BCUT2D eigenvalue weighted by molar-refractivity contribution is -0.122. The van der Waals surface area contributed by atoms with E-state index in [-0.39, 0.29) is 24.0 Å². The molecule has 3 atom stereocenters. The molecule has 28 heavy (non-hydrogen) atoms. The van der Waals surface area contributed by atoms with Crippen LogP contribution in [0, 0.1) is 0 Å². The number of hydrogen-bond donors (Lipinski definition) is 1. The normalized spacial score (nSPS) is 22.4. The molecule has 5 heteroatoms. The topological polar surface area (TPSA) is 58.6 Å². The van der Waals surface area contributed by atoms with Crippen LogP contribution in [0.5, 0.6) is 0 Å². The summed E-state index contributed by atoms with van der Waals surface area (Å²) in [5.74, 6) is -0.451. The van der Waals surface area contributed by atoms with Gasteiger partial charge in [-0.05, 0) is 24.1 Å². The lowest BCUT2D eigenvalue weighted by Crippen LogP contribution is -2.59. The maximum atomic E-state index is 12.6. The Bertz CT molecular complexity index is 779. The molecular weight excluding hydrogens is 352 g/mol. The summed E-state index contributed by atoms with van der Waals surface area (Å²) >= 11 is 0. The SMILES string of the molecule is CC[C@@H]1C[C@H](OC(=O)c2ccccc2)[C@@H](NC(C)=O)CN1Cc1ccccc1. The highest BCUT2D eigenvalue weighted by Crippen LogP contribution is 2.25. The van der Waals surface area contributed by atoms with Crippen molar-refractivity contribution in [1.82, 2.24) is 10.2 Å². The molecule has 3 rings (SSSR count). The quantitative estimate of drug-likeness (QED) is 0.781. The molecule has 0 bridgehead atoms. The molecule has 0 spiro atoms. The monoisotopic (exact) mass is 380 g/mol. The number of carbonyl (C=O) groups is 2. The smallest absolute Gasteiger partial charge is 0.338 e. The molecule has 1 heterocycles. The summed E-state index contributed by atoms with van der Waals surface area (Å²) in [7, 11) is 0. The number of carbonyl (C=O) groups excluding carboxylic acids is 2. The van der Waals surface area contributed by atoms with Gasteiger partial charge in [0, 0.05) is 32.5 Å². The van der Waals surface area contributed by atoms with E-state index in [1.807, 2.05) is 36.4 Å². The van der Waals surface area contributed by atoms with E-state index in [2.05, 4.69) is 29.3 Å². The van der Waals surface area contributed by atoms with Crippen molar-refractivity contribution in [2.75, 3.05) is 6.54 Å². The van der Waals surface area contributed by atoms with Crippen LogP contribution in [0.2, 0.25) is 0 Å². The Labute approximate surface area is 166 Å². The minimum Gasteiger partial charge on any atom is -0.456 e. The van der Waals surface area contributed by atoms with Crippen LogP contribution in [0.15, 0.2) is 60.7 Å². The maximum Gasteiger partial charge on any atom is 0.338 e. The minimum atomic E-state index is -0.340. The Morgan fingerprint density at radius 2 is 1.71 bits per heavy atom.